The summed E-state index contributed by atoms with van der Waals surface area (Å²) in [4.78, 5) is 6.67. The highest BCUT2D eigenvalue weighted by molar-refractivity contribution is 9.10. The molecule has 0 bridgehead atoms. The molecule has 2 aromatic rings. The highest BCUT2D eigenvalue weighted by Crippen LogP contribution is 2.28. The predicted octanol–water partition coefficient (Wildman–Crippen LogP) is 2.70. The molecule has 1 aliphatic heterocycles. The van der Waals surface area contributed by atoms with Crippen LogP contribution in [0.3, 0.4) is 0 Å². The van der Waals surface area contributed by atoms with Gasteiger partial charge in [0.1, 0.15) is 0 Å². The van der Waals surface area contributed by atoms with E-state index in [0.29, 0.717) is 0 Å². The molecule has 0 unspecified atom stereocenters. The number of rotatable bonds is 1. The quantitative estimate of drug-likeness (QED) is 0.799. The number of aromatic nitrogens is 2. The van der Waals surface area contributed by atoms with Crippen LogP contribution >= 0.6 is 15.9 Å². The Morgan fingerprint density at radius 1 is 1.25 bits per heavy atom. The van der Waals surface area contributed by atoms with E-state index in [2.05, 4.69) is 48.6 Å². The number of aryl methyl sites for hydroxylation is 1. The van der Waals surface area contributed by atoms with Gasteiger partial charge in [0.15, 0.2) is 0 Å². The average molecular weight is 278 g/mol. The van der Waals surface area contributed by atoms with Gasteiger partial charge in [-0.05, 0) is 23.3 Å². The number of benzene rings is 1. The molecule has 0 N–H and O–H groups in total. The summed E-state index contributed by atoms with van der Waals surface area (Å²) in [6.07, 6.45) is 3.82. The molecule has 0 spiro atoms. The molecule has 2 heterocycles. The monoisotopic (exact) mass is 277 g/mol. The Morgan fingerprint density at radius 3 is 2.81 bits per heavy atom. The molecule has 0 saturated heterocycles. The summed E-state index contributed by atoms with van der Waals surface area (Å²) in [6.45, 7) is 1.90. The van der Waals surface area contributed by atoms with Gasteiger partial charge >= 0.3 is 0 Å². The highest BCUT2D eigenvalue weighted by atomic mass is 79.9. The molecule has 1 aromatic heterocycles. The Bertz CT molecular complexity index is 533. The van der Waals surface area contributed by atoms with E-state index < -0.39 is 0 Å². The maximum Gasteiger partial charge on any atom is 0.205 e. The molecule has 1 aliphatic rings. The lowest BCUT2D eigenvalue weighted by Crippen LogP contribution is -2.18. The van der Waals surface area contributed by atoms with Crippen molar-refractivity contribution in [2.45, 2.75) is 13.1 Å². The lowest BCUT2D eigenvalue weighted by molar-refractivity contribution is 0.778. The molecule has 82 valence electrons. The number of hydrogen-bond donors (Lipinski definition) is 0. The number of halogens is 1. The second-order valence-corrected chi connectivity index (χ2v) is 5.02. The molecule has 1 aromatic carbocycles. The SMILES string of the molecule is Cn1ccnc1N1Cc2ccc(Br)cc2C1. The predicted molar refractivity (Wildman–Crippen MR) is 67.2 cm³/mol. The van der Waals surface area contributed by atoms with E-state index in [1.54, 1.807) is 0 Å². The van der Waals surface area contributed by atoms with Crippen LogP contribution in [0.1, 0.15) is 11.1 Å². The maximum atomic E-state index is 4.38. The van der Waals surface area contributed by atoms with Crippen LogP contribution in [0.25, 0.3) is 0 Å². The average Bonchev–Trinajstić information content (AvgIpc) is 2.82. The molecule has 0 atom stereocenters. The largest absolute Gasteiger partial charge is 0.334 e. The maximum absolute atomic E-state index is 4.38. The normalized spacial score (nSPS) is 14.2. The van der Waals surface area contributed by atoms with Crippen LogP contribution in [0.2, 0.25) is 0 Å². The Morgan fingerprint density at radius 2 is 2.06 bits per heavy atom. The zero-order chi connectivity index (χ0) is 11.1. The standard InChI is InChI=1S/C12H12BrN3/c1-15-5-4-14-12(15)16-7-9-2-3-11(13)6-10(9)8-16/h2-6H,7-8H2,1H3. The van der Waals surface area contributed by atoms with Crippen LogP contribution < -0.4 is 4.90 Å². The van der Waals surface area contributed by atoms with Crippen molar-refractivity contribution in [3.05, 3.63) is 46.2 Å². The summed E-state index contributed by atoms with van der Waals surface area (Å²) in [5.41, 5.74) is 2.78. The number of anilines is 1. The molecule has 0 amide bonds. The van der Waals surface area contributed by atoms with Gasteiger partial charge < -0.3 is 9.47 Å². The van der Waals surface area contributed by atoms with Crippen LogP contribution in [-0.4, -0.2) is 9.55 Å². The van der Waals surface area contributed by atoms with E-state index >= 15 is 0 Å². The first-order valence-electron chi connectivity index (χ1n) is 5.23. The van der Waals surface area contributed by atoms with Crippen LogP contribution in [0.4, 0.5) is 5.95 Å². The summed E-state index contributed by atoms with van der Waals surface area (Å²) in [7, 11) is 2.03. The number of hydrogen-bond acceptors (Lipinski definition) is 2. The second-order valence-electron chi connectivity index (χ2n) is 4.11. The first-order chi connectivity index (χ1) is 7.74. The Kier molecular flexibility index (Phi) is 2.24. The molecule has 3 nitrogen and oxygen atoms in total. The molecule has 3 rings (SSSR count). The second kappa shape index (κ2) is 3.63. The van der Waals surface area contributed by atoms with E-state index in [9.17, 15) is 0 Å². The zero-order valence-corrected chi connectivity index (χ0v) is 10.6. The van der Waals surface area contributed by atoms with E-state index in [-0.39, 0.29) is 0 Å². The van der Waals surface area contributed by atoms with Crippen molar-refractivity contribution < 1.29 is 0 Å². The van der Waals surface area contributed by atoms with E-state index in [4.69, 9.17) is 0 Å². The van der Waals surface area contributed by atoms with Crippen LogP contribution in [0.5, 0.6) is 0 Å². The smallest absolute Gasteiger partial charge is 0.205 e. The summed E-state index contributed by atoms with van der Waals surface area (Å²) in [5.74, 6) is 1.03. The first-order valence-corrected chi connectivity index (χ1v) is 6.03. The molecule has 0 saturated carbocycles. The summed E-state index contributed by atoms with van der Waals surface area (Å²) in [5, 5.41) is 0. The van der Waals surface area contributed by atoms with Crippen molar-refractivity contribution >= 4 is 21.9 Å². The number of fused-ring (bicyclic) bond motifs is 1. The minimum Gasteiger partial charge on any atom is -0.334 e. The van der Waals surface area contributed by atoms with E-state index in [1.165, 1.54) is 11.1 Å². The van der Waals surface area contributed by atoms with Gasteiger partial charge in [-0.15, -0.1) is 0 Å². The van der Waals surface area contributed by atoms with Crippen molar-refractivity contribution in [2.75, 3.05) is 4.90 Å². The Balaban J connectivity index is 1.94. The third kappa shape index (κ3) is 1.53. The number of imidazole rings is 1. The fourth-order valence-electron chi connectivity index (χ4n) is 2.17. The topological polar surface area (TPSA) is 21.1 Å². The summed E-state index contributed by atoms with van der Waals surface area (Å²) >= 11 is 3.51. The van der Waals surface area contributed by atoms with Crippen molar-refractivity contribution in [2.24, 2.45) is 7.05 Å². The minimum atomic E-state index is 0.944. The van der Waals surface area contributed by atoms with Crippen molar-refractivity contribution in [3.63, 3.8) is 0 Å². The van der Waals surface area contributed by atoms with Crippen molar-refractivity contribution in [1.82, 2.24) is 9.55 Å². The Labute approximate surface area is 103 Å². The zero-order valence-electron chi connectivity index (χ0n) is 9.02. The summed E-state index contributed by atoms with van der Waals surface area (Å²) < 4.78 is 3.20. The number of nitrogens with zero attached hydrogens (tertiary/aromatic N) is 3. The fourth-order valence-corrected chi connectivity index (χ4v) is 2.58. The van der Waals surface area contributed by atoms with Crippen LogP contribution in [0, 0.1) is 0 Å². The highest BCUT2D eigenvalue weighted by Gasteiger charge is 2.21. The van der Waals surface area contributed by atoms with Gasteiger partial charge in [0.25, 0.3) is 0 Å². The first kappa shape index (κ1) is 9.90. The van der Waals surface area contributed by atoms with E-state index in [1.807, 2.05) is 19.4 Å². The van der Waals surface area contributed by atoms with Gasteiger partial charge in [-0.2, -0.15) is 0 Å². The molecule has 0 aliphatic carbocycles. The lowest BCUT2D eigenvalue weighted by atomic mass is 10.1. The molecule has 0 radical (unpaired) electrons. The molecule has 16 heavy (non-hydrogen) atoms. The molecule has 0 fully saturated rings. The van der Waals surface area contributed by atoms with Crippen molar-refractivity contribution in [1.29, 1.82) is 0 Å². The van der Waals surface area contributed by atoms with Gasteiger partial charge in [0.05, 0.1) is 0 Å². The van der Waals surface area contributed by atoms with Crippen molar-refractivity contribution in [3.8, 4) is 0 Å². The third-order valence-electron chi connectivity index (χ3n) is 2.97. The molecule has 4 heteroatoms. The molecular weight excluding hydrogens is 266 g/mol. The van der Waals surface area contributed by atoms with Gasteiger partial charge in [-0.3, -0.25) is 0 Å². The fraction of sp³-hybridized carbons (Fsp3) is 0.250. The van der Waals surface area contributed by atoms with Crippen LogP contribution in [0.15, 0.2) is 35.1 Å². The lowest BCUT2D eigenvalue weighted by Gasteiger charge is -2.16. The van der Waals surface area contributed by atoms with Gasteiger partial charge in [-0.25, -0.2) is 4.98 Å². The van der Waals surface area contributed by atoms with Gasteiger partial charge in [0.2, 0.25) is 5.95 Å². The summed E-state index contributed by atoms with van der Waals surface area (Å²) in [6, 6.07) is 6.47. The Hall–Kier alpha value is -1.29. The van der Waals surface area contributed by atoms with E-state index in [0.717, 1.165) is 23.5 Å². The third-order valence-corrected chi connectivity index (χ3v) is 3.46. The van der Waals surface area contributed by atoms with Crippen LogP contribution in [-0.2, 0) is 20.1 Å². The molecular formula is C12H12BrN3. The minimum absolute atomic E-state index is 0.944. The van der Waals surface area contributed by atoms with Gasteiger partial charge in [0, 0.05) is 37.0 Å². The van der Waals surface area contributed by atoms with Gasteiger partial charge in [-0.1, -0.05) is 22.0 Å².